The lowest BCUT2D eigenvalue weighted by Crippen LogP contribution is -2.51. The molecule has 3 fully saturated rings. The zero-order valence-corrected chi connectivity index (χ0v) is 30.1. The zero-order valence-electron chi connectivity index (χ0n) is 30.1. The molecule has 0 N–H and O–H groups in total. The second-order valence-corrected chi connectivity index (χ2v) is 15.9. The predicted molar refractivity (Wildman–Crippen MR) is 181 cm³/mol. The number of ether oxygens (including phenoxy) is 5. The van der Waals surface area contributed by atoms with Crippen LogP contribution in [0.4, 0.5) is 0 Å². The van der Waals surface area contributed by atoms with Gasteiger partial charge in [0.1, 0.15) is 6.10 Å². The smallest absolute Gasteiger partial charge is 0.306 e. The summed E-state index contributed by atoms with van der Waals surface area (Å²) in [6, 6.07) is 0. The predicted octanol–water partition coefficient (Wildman–Crippen LogP) is 8.33. The average Bonchev–Trinajstić information content (AvgIpc) is 3.38. The zero-order chi connectivity index (χ0) is 33.2. The summed E-state index contributed by atoms with van der Waals surface area (Å²) in [6.07, 6.45) is 17.0. The highest BCUT2D eigenvalue weighted by Gasteiger charge is 2.59. The Balaban J connectivity index is 1.17. The van der Waals surface area contributed by atoms with E-state index in [9.17, 15) is 9.59 Å². The van der Waals surface area contributed by atoms with Crippen molar-refractivity contribution in [2.45, 2.75) is 131 Å². The van der Waals surface area contributed by atoms with E-state index in [1.54, 1.807) is 7.11 Å². The number of esters is 2. The molecule has 7 nitrogen and oxygen atoms in total. The first-order chi connectivity index (χ1) is 22.1. The van der Waals surface area contributed by atoms with Gasteiger partial charge in [0.2, 0.25) is 0 Å². The first-order valence-electron chi connectivity index (χ1n) is 18.8. The van der Waals surface area contributed by atoms with Crippen LogP contribution >= 0.6 is 0 Å². The van der Waals surface area contributed by atoms with E-state index in [1.807, 2.05) is 0 Å². The summed E-state index contributed by atoms with van der Waals surface area (Å²) < 4.78 is 26.9. The summed E-state index contributed by atoms with van der Waals surface area (Å²) in [6.45, 7) is 15.4. The van der Waals surface area contributed by atoms with Gasteiger partial charge < -0.3 is 23.7 Å². The third kappa shape index (κ3) is 9.59. The molecule has 0 radical (unpaired) electrons. The van der Waals surface area contributed by atoms with Crippen molar-refractivity contribution in [1.82, 2.24) is 0 Å². The summed E-state index contributed by atoms with van der Waals surface area (Å²) >= 11 is 0. The Morgan fingerprint density at radius 2 is 1.57 bits per heavy atom. The van der Waals surface area contributed by atoms with Crippen LogP contribution in [0.5, 0.6) is 0 Å². The SMILES string of the molecule is COCCOCCOCCCOC(=O)CCC(=O)O[C@H]1CC[C@@]2(C)C(=CCC3C2CC[C@@]2(C)C3CC[C@@H]2[C@H](C)CCCC(C)C)C1. The fourth-order valence-corrected chi connectivity index (χ4v) is 10.1. The van der Waals surface area contributed by atoms with Crippen molar-refractivity contribution in [3.8, 4) is 0 Å². The van der Waals surface area contributed by atoms with Crippen molar-refractivity contribution in [3.63, 3.8) is 0 Å². The molecule has 3 saturated carbocycles. The third-order valence-electron chi connectivity index (χ3n) is 12.6. The maximum Gasteiger partial charge on any atom is 0.306 e. The van der Waals surface area contributed by atoms with E-state index in [4.69, 9.17) is 23.7 Å². The molecule has 8 atom stereocenters. The van der Waals surface area contributed by atoms with E-state index >= 15 is 0 Å². The largest absolute Gasteiger partial charge is 0.466 e. The monoisotopic (exact) mass is 646 g/mol. The first kappa shape index (κ1) is 37.4. The summed E-state index contributed by atoms with van der Waals surface area (Å²) in [5, 5.41) is 0. The van der Waals surface area contributed by atoms with Crippen LogP contribution in [0.15, 0.2) is 11.6 Å². The minimum Gasteiger partial charge on any atom is -0.466 e. The number of hydrogen-bond donors (Lipinski definition) is 0. The molecule has 0 bridgehead atoms. The molecule has 0 amide bonds. The molecule has 0 aromatic rings. The molecule has 0 saturated heterocycles. The Labute approximate surface area is 280 Å². The van der Waals surface area contributed by atoms with E-state index in [2.05, 4.69) is 40.7 Å². The molecular formula is C39H66O7. The van der Waals surface area contributed by atoms with Gasteiger partial charge in [0.25, 0.3) is 0 Å². The van der Waals surface area contributed by atoms with Gasteiger partial charge in [0.05, 0.1) is 45.9 Å². The lowest BCUT2D eigenvalue weighted by atomic mass is 9.47. The number of fused-ring (bicyclic) bond motifs is 5. The topological polar surface area (TPSA) is 80.3 Å². The van der Waals surface area contributed by atoms with Crippen LogP contribution in [-0.2, 0) is 33.3 Å². The van der Waals surface area contributed by atoms with Crippen LogP contribution in [0.25, 0.3) is 0 Å². The maximum absolute atomic E-state index is 12.7. The van der Waals surface area contributed by atoms with Gasteiger partial charge >= 0.3 is 11.9 Å². The molecule has 7 heteroatoms. The van der Waals surface area contributed by atoms with E-state index < -0.39 is 0 Å². The number of carbonyl (C=O) groups is 2. The van der Waals surface area contributed by atoms with Crippen molar-refractivity contribution in [1.29, 1.82) is 0 Å². The van der Waals surface area contributed by atoms with Gasteiger partial charge in [0.15, 0.2) is 0 Å². The number of allylic oxidation sites excluding steroid dienone is 1. The van der Waals surface area contributed by atoms with Crippen LogP contribution < -0.4 is 0 Å². The third-order valence-corrected chi connectivity index (χ3v) is 12.6. The fourth-order valence-electron chi connectivity index (χ4n) is 10.1. The molecule has 0 aromatic carbocycles. The summed E-state index contributed by atoms with van der Waals surface area (Å²) in [7, 11) is 1.64. The molecule has 3 unspecified atom stereocenters. The van der Waals surface area contributed by atoms with Crippen LogP contribution in [0.2, 0.25) is 0 Å². The molecule has 0 aromatic heterocycles. The second-order valence-electron chi connectivity index (χ2n) is 15.9. The van der Waals surface area contributed by atoms with Crippen molar-refractivity contribution in [2.24, 2.45) is 46.3 Å². The molecule has 0 spiro atoms. The Bertz CT molecular complexity index is 993. The highest BCUT2D eigenvalue weighted by Crippen LogP contribution is 2.67. The number of carbonyl (C=O) groups excluding carboxylic acids is 2. The van der Waals surface area contributed by atoms with Crippen LogP contribution in [0.1, 0.15) is 125 Å². The van der Waals surface area contributed by atoms with Crippen molar-refractivity contribution < 1.29 is 33.3 Å². The molecule has 0 heterocycles. The molecule has 4 aliphatic carbocycles. The second kappa shape index (κ2) is 17.8. The highest BCUT2D eigenvalue weighted by molar-refractivity contribution is 5.77. The van der Waals surface area contributed by atoms with Gasteiger partial charge in [-0.25, -0.2) is 0 Å². The Hall–Kier alpha value is -1.44. The Morgan fingerprint density at radius 1 is 0.826 bits per heavy atom. The first-order valence-corrected chi connectivity index (χ1v) is 18.8. The summed E-state index contributed by atoms with van der Waals surface area (Å²) in [5.41, 5.74) is 2.26. The van der Waals surface area contributed by atoms with E-state index in [0.717, 1.165) is 54.8 Å². The maximum atomic E-state index is 12.7. The van der Waals surface area contributed by atoms with Gasteiger partial charge in [-0.05, 0) is 91.3 Å². The van der Waals surface area contributed by atoms with Gasteiger partial charge in [-0.1, -0.05) is 65.5 Å². The van der Waals surface area contributed by atoms with Crippen LogP contribution in [0.3, 0.4) is 0 Å². The van der Waals surface area contributed by atoms with Gasteiger partial charge in [-0.3, -0.25) is 9.59 Å². The van der Waals surface area contributed by atoms with Crippen LogP contribution in [0, 0.1) is 46.3 Å². The van der Waals surface area contributed by atoms with E-state index in [0.29, 0.717) is 44.9 Å². The van der Waals surface area contributed by atoms with Gasteiger partial charge in [-0.2, -0.15) is 0 Å². The lowest BCUT2D eigenvalue weighted by molar-refractivity contribution is -0.155. The Morgan fingerprint density at radius 3 is 2.33 bits per heavy atom. The van der Waals surface area contributed by atoms with Gasteiger partial charge in [0, 0.05) is 26.6 Å². The molecule has 0 aliphatic heterocycles. The van der Waals surface area contributed by atoms with E-state index in [1.165, 1.54) is 56.9 Å². The normalized spacial score (nSPS) is 32.7. The van der Waals surface area contributed by atoms with E-state index in [-0.39, 0.29) is 42.9 Å². The number of hydrogen-bond acceptors (Lipinski definition) is 7. The van der Waals surface area contributed by atoms with Crippen LogP contribution in [-0.4, -0.2) is 64.8 Å². The molecule has 46 heavy (non-hydrogen) atoms. The minimum atomic E-state index is -0.361. The molecular weight excluding hydrogens is 580 g/mol. The molecule has 4 rings (SSSR count). The Kier molecular flexibility index (Phi) is 14.5. The lowest BCUT2D eigenvalue weighted by Gasteiger charge is -2.58. The standard InChI is InChI=1S/C39H66O7/c1-28(2)9-7-10-29(3)33-13-14-34-32-12-11-30-27-31(17-19-38(30,4)35(32)18-20-39(33,34)5)46-37(41)16-15-36(40)45-22-8-21-43-25-26-44-24-23-42-6/h11,28-29,31-35H,7-10,12-27H2,1-6H3/t29-,31+,32?,33-,34?,35?,38+,39-/m1/s1. The van der Waals surface area contributed by atoms with Crippen molar-refractivity contribution in [3.05, 3.63) is 11.6 Å². The highest BCUT2D eigenvalue weighted by atomic mass is 16.6. The van der Waals surface area contributed by atoms with Gasteiger partial charge in [-0.15, -0.1) is 0 Å². The quantitative estimate of drug-likeness (QED) is 0.0793. The van der Waals surface area contributed by atoms with Crippen molar-refractivity contribution >= 4 is 11.9 Å². The summed E-state index contributed by atoms with van der Waals surface area (Å²) in [4.78, 5) is 24.8. The minimum absolute atomic E-state index is 0.0570. The number of methoxy groups -OCH3 is 1. The molecule has 4 aliphatic rings. The van der Waals surface area contributed by atoms with Crippen molar-refractivity contribution in [2.75, 3.05) is 46.8 Å². The average molecular weight is 647 g/mol. The fraction of sp³-hybridized carbons (Fsp3) is 0.897. The summed E-state index contributed by atoms with van der Waals surface area (Å²) in [5.74, 6) is 4.30. The number of rotatable bonds is 19. The molecule has 264 valence electrons.